The fourth-order valence-electron chi connectivity index (χ4n) is 3.44. The molecule has 0 saturated heterocycles. The van der Waals surface area contributed by atoms with E-state index in [0.29, 0.717) is 28.2 Å². The van der Waals surface area contributed by atoms with Gasteiger partial charge in [0.2, 0.25) is 5.95 Å². The van der Waals surface area contributed by atoms with Gasteiger partial charge >= 0.3 is 0 Å². The molecule has 8 heteroatoms. The lowest BCUT2D eigenvalue weighted by Crippen LogP contribution is -2.13. The van der Waals surface area contributed by atoms with Gasteiger partial charge in [0.15, 0.2) is 0 Å². The molecule has 0 atom stereocenters. The Morgan fingerprint density at radius 1 is 1.11 bits per heavy atom. The summed E-state index contributed by atoms with van der Waals surface area (Å²) < 4.78 is 67.6. The maximum absolute atomic E-state index is 13.6. The molecule has 5 rings (SSSR count). The standard InChI is InChI=1S/C28H25N7O/c1-18-11-23(14-24(12-18)35-16-20(3)31-17-35)32-27(36)21-7-6-19(2)26(13-21)34-28-30-10-8-25(33-28)22-5-4-9-29-15-22/h4-17H,1-3H3,(H,32,36)(H,30,33,34)/i2D3,6D,7D,13D,16D,17D. The van der Waals surface area contributed by atoms with E-state index < -0.39 is 47.7 Å². The van der Waals surface area contributed by atoms with Crippen LogP contribution in [0.1, 0.15) is 38.1 Å². The van der Waals surface area contributed by atoms with E-state index >= 15 is 0 Å². The summed E-state index contributed by atoms with van der Waals surface area (Å²) >= 11 is 0. The number of aryl methyl sites for hydroxylation is 2. The number of nitrogens with zero attached hydrogens (tertiary/aromatic N) is 5. The maximum atomic E-state index is 13.6. The van der Waals surface area contributed by atoms with Crippen molar-refractivity contribution in [2.24, 2.45) is 0 Å². The van der Waals surface area contributed by atoms with E-state index in [9.17, 15) is 4.79 Å². The minimum atomic E-state index is -2.92. The summed E-state index contributed by atoms with van der Waals surface area (Å²) in [6.07, 6.45) is 4.44. The van der Waals surface area contributed by atoms with Crippen LogP contribution in [0.25, 0.3) is 16.9 Å². The Bertz CT molecular complexity index is 1910. The lowest BCUT2D eigenvalue weighted by Gasteiger charge is -2.13. The fourth-order valence-corrected chi connectivity index (χ4v) is 3.44. The first kappa shape index (κ1) is 15.2. The largest absolute Gasteiger partial charge is 0.324 e. The van der Waals surface area contributed by atoms with Crippen molar-refractivity contribution < 1.29 is 15.8 Å². The highest BCUT2D eigenvalue weighted by atomic mass is 16.1. The number of anilines is 3. The molecule has 0 radical (unpaired) electrons. The van der Waals surface area contributed by atoms with Crippen molar-refractivity contribution in [3.05, 3.63) is 108 Å². The summed E-state index contributed by atoms with van der Waals surface area (Å²) in [5.74, 6) is -1.03. The summed E-state index contributed by atoms with van der Waals surface area (Å²) in [6, 6.07) is 7.79. The van der Waals surface area contributed by atoms with Crippen molar-refractivity contribution in [3.63, 3.8) is 0 Å². The molecular formula is C28H25N7O. The first-order chi connectivity index (χ1) is 20.8. The molecule has 0 aliphatic rings. The van der Waals surface area contributed by atoms with Gasteiger partial charge in [-0.05, 0) is 80.3 Å². The summed E-state index contributed by atoms with van der Waals surface area (Å²) in [6.45, 7) is 0.433. The Hall–Kier alpha value is -4.85. The van der Waals surface area contributed by atoms with Crippen LogP contribution in [0.15, 0.2) is 85.6 Å². The zero-order valence-electron chi connectivity index (χ0n) is 27.3. The average molecular weight is 484 g/mol. The van der Waals surface area contributed by atoms with E-state index in [1.807, 2.05) is 0 Å². The number of benzene rings is 2. The van der Waals surface area contributed by atoms with Crippen LogP contribution in [0.2, 0.25) is 0 Å². The average Bonchev–Trinajstić information content (AvgIpc) is 3.21. The second kappa shape index (κ2) is 9.79. The van der Waals surface area contributed by atoms with Crippen LogP contribution in [-0.2, 0) is 0 Å². The minimum absolute atomic E-state index is 0.00407. The molecular weight excluding hydrogens is 450 g/mol. The molecule has 0 bridgehead atoms. The van der Waals surface area contributed by atoms with Gasteiger partial charge in [-0.3, -0.25) is 9.78 Å². The van der Waals surface area contributed by atoms with E-state index in [-0.39, 0.29) is 24.1 Å². The summed E-state index contributed by atoms with van der Waals surface area (Å²) in [4.78, 5) is 30.1. The molecule has 178 valence electrons. The highest BCUT2D eigenvalue weighted by Crippen LogP contribution is 2.24. The molecule has 2 aromatic carbocycles. The predicted molar refractivity (Wildman–Crippen MR) is 141 cm³/mol. The molecule has 0 fully saturated rings. The lowest BCUT2D eigenvalue weighted by molar-refractivity contribution is 0.102. The molecule has 2 N–H and O–H groups in total. The maximum Gasteiger partial charge on any atom is 0.255 e. The van der Waals surface area contributed by atoms with Crippen molar-refractivity contribution >= 4 is 23.2 Å². The van der Waals surface area contributed by atoms with Crippen LogP contribution >= 0.6 is 0 Å². The van der Waals surface area contributed by atoms with E-state index in [2.05, 4.69) is 30.6 Å². The smallest absolute Gasteiger partial charge is 0.255 e. The Morgan fingerprint density at radius 3 is 2.81 bits per heavy atom. The van der Waals surface area contributed by atoms with E-state index in [0.717, 1.165) is 0 Å². The second-order valence-corrected chi connectivity index (χ2v) is 7.89. The van der Waals surface area contributed by atoms with E-state index in [1.54, 1.807) is 56.6 Å². The zero-order chi connectivity index (χ0) is 31.9. The van der Waals surface area contributed by atoms with Crippen LogP contribution in [0.5, 0.6) is 0 Å². The van der Waals surface area contributed by atoms with Crippen molar-refractivity contribution in [2.45, 2.75) is 20.7 Å². The minimum Gasteiger partial charge on any atom is -0.324 e. The molecule has 0 saturated carbocycles. The highest BCUT2D eigenvalue weighted by molar-refractivity contribution is 6.05. The monoisotopic (exact) mass is 483 g/mol. The van der Waals surface area contributed by atoms with Gasteiger partial charge in [-0.15, -0.1) is 0 Å². The van der Waals surface area contributed by atoms with Crippen LogP contribution < -0.4 is 10.6 Å². The molecule has 1 amide bonds. The summed E-state index contributed by atoms with van der Waals surface area (Å²) in [7, 11) is 0. The SMILES string of the molecule is [2H]c1c([2H])c(C([2H])([2H])[2H])c(Nc2nccc(-c3cccnc3)n2)c([2H])c1C(=O)Nc1cc(C)cc(-n2c([2H])nc(C)c2[2H])c1. The molecule has 0 aliphatic heterocycles. The molecule has 8 nitrogen and oxygen atoms in total. The number of rotatable bonds is 6. The molecule has 0 unspecified atom stereocenters. The lowest BCUT2D eigenvalue weighted by atomic mass is 10.1. The normalized spacial score (nSPS) is 14.3. The van der Waals surface area contributed by atoms with Crippen molar-refractivity contribution in [1.82, 2.24) is 24.5 Å². The number of carbonyl (C=O) groups is 1. The number of pyridine rings is 1. The van der Waals surface area contributed by atoms with Gasteiger partial charge in [-0.2, -0.15) is 0 Å². The van der Waals surface area contributed by atoms with Crippen LogP contribution in [0.3, 0.4) is 0 Å². The Kier molecular flexibility index (Phi) is 4.14. The Balaban J connectivity index is 1.57. The molecule has 3 heterocycles. The summed E-state index contributed by atoms with van der Waals surface area (Å²) in [5.41, 5.74) is 1.17. The second-order valence-electron chi connectivity index (χ2n) is 7.89. The molecule has 3 aromatic heterocycles. The van der Waals surface area contributed by atoms with Crippen LogP contribution in [0, 0.1) is 20.7 Å². The first-order valence-corrected chi connectivity index (χ1v) is 10.9. The number of hydrogen-bond acceptors (Lipinski definition) is 6. The van der Waals surface area contributed by atoms with Gasteiger partial charge < -0.3 is 15.2 Å². The van der Waals surface area contributed by atoms with Gasteiger partial charge in [0, 0.05) is 57.1 Å². The van der Waals surface area contributed by atoms with Crippen LogP contribution in [0.4, 0.5) is 17.3 Å². The summed E-state index contributed by atoms with van der Waals surface area (Å²) in [5, 5.41) is 5.33. The quantitative estimate of drug-likeness (QED) is 0.324. The number of aromatic nitrogens is 5. The Morgan fingerprint density at radius 2 is 2.03 bits per heavy atom. The molecule has 0 spiro atoms. The highest BCUT2D eigenvalue weighted by Gasteiger charge is 2.12. The topological polar surface area (TPSA) is 97.6 Å². The van der Waals surface area contributed by atoms with E-state index in [4.69, 9.17) is 11.0 Å². The van der Waals surface area contributed by atoms with Gasteiger partial charge in [0.05, 0.1) is 23.2 Å². The van der Waals surface area contributed by atoms with Crippen LogP contribution in [-0.4, -0.2) is 30.4 Å². The number of amides is 1. The third kappa shape index (κ3) is 5.12. The van der Waals surface area contributed by atoms with Gasteiger partial charge in [0.25, 0.3) is 5.91 Å². The predicted octanol–water partition coefficient (Wildman–Crippen LogP) is 5.65. The number of nitrogens with one attached hydrogen (secondary N) is 2. The van der Waals surface area contributed by atoms with Gasteiger partial charge in [-0.25, -0.2) is 15.0 Å². The number of hydrogen-bond donors (Lipinski definition) is 2. The Labute approximate surface area is 220 Å². The van der Waals surface area contributed by atoms with Crippen molar-refractivity contribution in [1.29, 1.82) is 0 Å². The van der Waals surface area contributed by atoms with E-state index in [1.165, 1.54) is 16.8 Å². The number of imidazole rings is 1. The third-order valence-corrected chi connectivity index (χ3v) is 5.06. The van der Waals surface area contributed by atoms with Crippen molar-refractivity contribution in [3.8, 4) is 16.9 Å². The fraction of sp³-hybridized carbons (Fsp3) is 0.107. The third-order valence-electron chi connectivity index (χ3n) is 5.06. The first-order valence-electron chi connectivity index (χ1n) is 14.9. The molecule has 0 aliphatic carbocycles. The molecule has 36 heavy (non-hydrogen) atoms. The number of carbonyl (C=O) groups excluding carboxylic acids is 1. The zero-order valence-corrected chi connectivity index (χ0v) is 19.3. The van der Waals surface area contributed by atoms with Crippen molar-refractivity contribution in [2.75, 3.05) is 10.6 Å². The van der Waals surface area contributed by atoms with Gasteiger partial charge in [0.1, 0.15) is 1.37 Å². The van der Waals surface area contributed by atoms with Gasteiger partial charge in [-0.1, -0.05) is 6.04 Å². The molecule has 5 aromatic rings.